The molecule has 1 aliphatic heterocycles. The van der Waals surface area contributed by atoms with Crippen molar-refractivity contribution in [3.8, 4) is 11.5 Å². The van der Waals surface area contributed by atoms with Crippen LogP contribution in [0.4, 0.5) is 0 Å². The summed E-state index contributed by atoms with van der Waals surface area (Å²) in [5, 5.41) is 9.51. The summed E-state index contributed by atoms with van der Waals surface area (Å²) in [7, 11) is 0. The molecule has 0 atom stereocenters. The fourth-order valence-corrected chi connectivity index (χ4v) is 3.97. The van der Waals surface area contributed by atoms with Crippen molar-refractivity contribution in [1.29, 1.82) is 0 Å². The minimum atomic E-state index is -0.928. The van der Waals surface area contributed by atoms with Crippen LogP contribution in [0.5, 0.6) is 11.5 Å². The van der Waals surface area contributed by atoms with E-state index in [9.17, 15) is 9.90 Å². The van der Waals surface area contributed by atoms with Gasteiger partial charge in [0.25, 0.3) is 0 Å². The maximum Gasteiger partial charge on any atom is 0.339 e. The molecular formula is C24H38O4. The van der Waals surface area contributed by atoms with Crippen LogP contribution < -0.4 is 9.47 Å². The Kier molecular flexibility index (Phi) is 10.9. The van der Waals surface area contributed by atoms with E-state index in [1.807, 2.05) is 12.1 Å². The molecule has 1 aromatic rings. The molecule has 4 heteroatoms. The first-order valence-corrected chi connectivity index (χ1v) is 11.4. The third kappa shape index (κ3) is 7.73. The first kappa shape index (κ1) is 22.6. The Morgan fingerprint density at radius 3 is 1.89 bits per heavy atom. The summed E-state index contributed by atoms with van der Waals surface area (Å²) in [6.45, 7) is 2.38. The summed E-state index contributed by atoms with van der Waals surface area (Å²) in [5.74, 6) is 0.0141. The fourth-order valence-electron chi connectivity index (χ4n) is 3.97. The number of unbranched alkanes of at least 4 members (excludes halogenated alkanes) is 13. The van der Waals surface area contributed by atoms with Crippen molar-refractivity contribution < 1.29 is 19.4 Å². The molecule has 0 fully saturated rings. The number of fused-ring (bicyclic) bond motifs is 1. The second-order valence-electron chi connectivity index (χ2n) is 7.98. The largest absolute Gasteiger partial charge is 0.478 e. The highest BCUT2D eigenvalue weighted by molar-refractivity contribution is 5.94. The summed E-state index contributed by atoms with van der Waals surface area (Å²) in [4.78, 5) is 11.6. The Morgan fingerprint density at radius 2 is 1.36 bits per heavy atom. The van der Waals surface area contributed by atoms with Gasteiger partial charge in [0.05, 0.1) is 0 Å². The number of hydrogen-bond donors (Lipinski definition) is 1. The van der Waals surface area contributed by atoms with Gasteiger partial charge >= 0.3 is 5.97 Å². The molecule has 1 heterocycles. The number of aromatic carboxylic acids is 1. The molecule has 2 rings (SSSR count). The Labute approximate surface area is 170 Å². The van der Waals surface area contributed by atoms with Crippen molar-refractivity contribution in [3.05, 3.63) is 23.3 Å². The summed E-state index contributed by atoms with van der Waals surface area (Å²) in [6, 6.07) is 3.70. The van der Waals surface area contributed by atoms with Crippen molar-refractivity contribution in [2.24, 2.45) is 0 Å². The monoisotopic (exact) mass is 390 g/mol. The Bertz CT molecular complexity index is 582. The quantitative estimate of drug-likeness (QED) is 0.305. The molecule has 0 spiro atoms. The van der Waals surface area contributed by atoms with Gasteiger partial charge in [0.1, 0.15) is 5.56 Å². The topological polar surface area (TPSA) is 55.8 Å². The molecule has 1 aliphatic rings. The van der Waals surface area contributed by atoms with Crippen molar-refractivity contribution in [1.82, 2.24) is 0 Å². The van der Waals surface area contributed by atoms with Gasteiger partial charge in [-0.1, -0.05) is 96.5 Å². The zero-order valence-corrected chi connectivity index (χ0v) is 17.6. The van der Waals surface area contributed by atoms with E-state index in [0.29, 0.717) is 11.5 Å². The van der Waals surface area contributed by atoms with Crippen molar-refractivity contribution in [2.45, 2.75) is 103 Å². The SMILES string of the molecule is CCCCCCCCCCCCCCCCc1ccc2c(c1C(=O)O)OCO2. The van der Waals surface area contributed by atoms with Gasteiger partial charge in [0.15, 0.2) is 11.5 Å². The maximum absolute atomic E-state index is 11.6. The zero-order valence-electron chi connectivity index (χ0n) is 17.6. The van der Waals surface area contributed by atoms with E-state index in [1.54, 1.807) is 0 Å². The van der Waals surface area contributed by atoms with Crippen LogP contribution in [-0.2, 0) is 6.42 Å². The molecule has 158 valence electrons. The summed E-state index contributed by atoms with van der Waals surface area (Å²) >= 11 is 0. The van der Waals surface area contributed by atoms with Gasteiger partial charge in [-0.2, -0.15) is 0 Å². The van der Waals surface area contributed by atoms with Gasteiger partial charge in [-0.25, -0.2) is 4.79 Å². The van der Waals surface area contributed by atoms with Gasteiger partial charge in [-0.05, 0) is 24.5 Å². The third-order valence-electron chi connectivity index (χ3n) is 5.64. The average Bonchev–Trinajstić information content (AvgIpc) is 3.16. The van der Waals surface area contributed by atoms with Gasteiger partial charge in [-0.3, -0.25) is 0 Å². The molecule has 0 unspecified atom stereocenters. The first-order chi connectivity index (χ1) is 13.7. The normalized spacial score (nSPS) is 12.5. The van der Waals surface area contributed by atoms with E-state index in [1.165, 1.54) is 77.0 Å². The number of aryl methyl sites for hydroxylation is 1. The fraction of sp³-hybridized carbons (Fsp3) is 0.708. The van der Waals surface area contributed by atoms with Gasteiger partial charge < -0.3 is 14.6 Å². The summed E-state index contributed by atoms with van der Waals surface area (Å²) in [5.41, 5.74) is 1.14. The lowest BCUT2D eigenvalue weighted by molar-refractivity contribution is 0.0691. The second-order valence-corrected chi connectivity index (χ2v) is 7.98. The highest BCUT2D eigenvalue weighted by atomic mass is 16.7. The number of carboxylic acid groups (broad SMARTS) is 1. The molecular weight excluding hydrogens is 352 g/mol. The molecule has 1 aromatic carbocycles. The predicted molar refractivity (Wildman–Crippen MR) is 114 cm³/mol. The van der Waals surface area contributed by atoms with Crippen LogP contribution >= 0.6 is 0 Å². The van der Waals surface area contributed by atoms with E-state index in [-0.39, 0.29) is 12.4 Å². The molecule has 0 saturated heterocycles. The van der Waals surface area contributed by atoms with E-state index in [2.05, 4.69) is 6.92 Å². The molecule has 0 aromatic heterocycles. The molecule has 0 saturated carbocycles. The lowest BCUT2D eigenvalue weighted by atomic mass is 9.99. The number of carbonyl (C=O) groups is 1. The van der Waals surface area contributed by atoms with Crippen LogP contribution in [0.15, 0.2) is 12.1 Å². The number of ether oxygens (including phenoxy) is 2. The Morgan fingerprint density at radius 1 is 0.821 bits per heavy atom. The van der Waals surface area contributed by atoms with Crippen molar-refractivity contribution >= 4 is 5.97 Å². The number of hydrogen-bond acceptors (Lipinski definition) is 3. The van der Waals surface area contributed by atoms with E-state index >= 15 is 0 Å². The minimum Gasteiger partial charge on any atom is -0.478 e. The highest BCUT2D eigenvalue weighted by Crippen LogP contribution is 2.38. The van der Waals surface area contributed by atoms with Gasteiger partial charge in [0, 0.05) is 0 Å². The molecule has 0 amide bonds. The molecule has 4 nitrogen and oxygen atoms in total. The van der Waals surface area contributed by atoms with Crippen LogP contribution in [0, 0.1) is 0 Å². The van der Waals surface area contributed by atoms with E-state index in [4.69, 9.17) is 9.47 Å². The molecule has 1 N–H and O–H groups in total. The zero-order chi connectivity index (χ0) is 20.0. The smallest absolute Gasteiger partial charge is 0.339 e. The number of rotatable bonds is 16. The van der Waals surface area contributed by atoms with Crippen LogP contribution in [0.1, 0.15) is 113 Å². The van der Waals surface area contributed by atoms with Gasteiger partial charge in [-0.15, -0.1) is 0 Å². The summed E-state index contributed by atoms with van der Waals surface area (Å²) in [6.07, 6.45) is 19.4. The van der Waals surface area contributed by atoms with Crippen LogP contribution in [-0.4, -0.2) is 17.9 Å². The number of carboxylic acids is 1. The molecule has 0 aliphatic carbocycles. The van der Waals surface area contributed by atoms with Crippen molar-refractivity contribution in [2.75, 3.05) is 6.79 Å². The first-order valence-electron chi connectivity index (χ1n) is 11.4. The second kappa shape index (κ2) is 13.5. The van der Waals surface area contributed by atoms with Gasteiger partial charge in [0.2, 0.25) is 6.79 Å². The van der Waals surface area contributed by atoms with E-state index < -0.39 is 5.97 Å². The molecule has 0 radical (unpaired) electrons. The summed E-state index contributed by atoms with van der Waals surface area (Å²) < 4.78 is 10.6. The standard InChI is InChI=1S/C24H38O4/c1-2-3-4-5-6-7-8-9-10-11-12-13-14-15-16-20-17-18-21-23(28-19-27-21)22(20)24(25)26/h17-18H,2-16,19H2,1H3,(H,25,26). The average molecular weight is 391 g/mol. The molecule has 28 heavy (non-hydrogen) atoms. The minimum absolute atomic E-state index is 0.109. The lowest BCUT2D eigenvalue weighted by Crippen LogP contribution is -2.05. The van der Waals surface area contributed by atoms with Crippen LogP contribution in [0.25, 0.3) is 0 Å². The highest BCUT2D eigenvalue weighted by Gasteiger charge is 2.24. The Hall–Kier alpha value is -1.71. The van der Waals surface area contributed by atoms with Crippen molar-refractivity contribution in [3.63, 3.8) is 0 Å². The maximum atomic E-state index is 11.6. The Balaban J connectivity index is 1.50. The van der Waals surface area contributed by atoms with E-state index in [0.717, 1.165) is 24.8 Å². The van der Waals surface area contributed by atoms with Crippen LogP contribution in [0.2, 0.25) is 0 Å². The predicted octanol–water partition coefficient (Wildman–Crippen LogP) is 7.14. The lowest BCUT2D eigenvalue weighted by Gasteiger charge is -2.09. The van der Waals surface area contributed by atoms with Crippen LogP contribution in [0.3, 0.4) is 0 Å². The third-order valence-corrected chi connectivity index (χ3v) is 5.64. The number of benzene rings is 1. The molecule has 0 bridgehead atoms.